The summed E-state index contributed by atoms with van der Waals surface area (Å²) in [5.41, 5.74) is 8.58. The number of likely N-dealkylation sites (N-methyl/N-ethyl adjacent to an activating group) is 1. The molecule has 3 aliphatic heterocycles. The number of hydrogen-bond donors (Lipinski definition) is 2. The van der Waals surface area contributed by atoms with Crippen LogP contribution in [-0.2, 0) is 0 Å². The van der Waals surface area contributed by atoms with Gasteiger partial charge in [0.25, 0.3) is 0 Å². The van der Waals surface area contributed by atoms with Crippen molar-refractivity contribution in [3.05, 3.63) is 140 Å². The van der Waals surface area contributed by atoms with Crippen molar-refractivity contribution in [1.29, 1.82) is 0 Å². The Bertz CT molecular complexity index is 2250. The van der Waals surface area contributed by atoms with Crippen LogP contribution in [0.5, 0.6) is 11.5 Å². The Morgan fingerprint density at radius 1 is 0.704 bits per heavy atom. The minimum Gasteiger partial charge on any atom is -0.494 e. The highest BCUT2D eigenvalue weighted by molar-refractivity contribution is 14.2. The van der Waals surface area contributed by atoms with Crippen LogP contribution in [0.4, 0.5) is 0 Å². The first kappa shape index (κ1) is 37.8. The number of nitrogens with one attached hydrogen (secondary N) is 2. The molecule has 8 heteroatoms. The fourth-order valence-corrected chi connectivity index (χ4v) is 9.97. The zero-order valence-corrected chi connectivity index (χ0v) is 34.4. The summed E-state index contributed by atoms with van der Waals surface area (Å²) < 4.78 is 16.2. The number of fused-ring (bicyclic) bond motifs is 6. The third kappa shape index (κ3) is 8.72. The average Bonchev–Trinajstić information content (AvgIpc) is 4.04. The molecule has 0 saturated heterocycles. The number of benzene rings is 2. The summed E-state index contributed by atoms with van der Waals surface area (Å²) in [4.78, 5) is 14.9. The zero-order valence-electron chi connectivity index (χ0n) is 32.3. The molecular weight excluding hydrogens is 781 g/mol. The highest BCUT2D eigenvalue weighted by atomic mass is 127. The number of aliphatic imine (C=N–C) groups is 1. The van der Waals surface area contributed by atoms with Crippen LogP contribution in [0, 0.1) is 0 Å². The van der Waals surface area contributed by atoms with Crippen molar-refractivity contribution in [1.82, 2.24) is 14.9 Å². The van der Waals surface area contributed by atoms with E-state index in [1.54, 1.807) is 0 Å². The van der Waals surface area contributed by atoms with Gasteiger partial charge in [-0.05, 0) is 137 Å². The number of aromatic amines is 2. The number of aromatic nitrogens is 2. The van der Waals surface area contributed by atoms with E-state index in [9.17, 15) is 0 Å². The molecule has 0 aliphatic carbocycles. The topological polar surface area (TPSA) is 65.6 Å². The number of H-pyrrole nitrogens is 2. The zero-order chi connectivity index (χ0) is 37.5. The Kier molecular flexibility index (Phi) is 12.1. The van der Waals surface area contributed by atoms with Crippen molar-refractivity contribution in [2.75, 3.05) is 59.5 Å². The maximum atomic E-state index is 6.27. The highest BCUT2D eigenvalue weighted by Crippen LogP contribution is 2.35. The largest absolute Gasteiger partial charge is 0.494 e. The van der Waals surface area contributed by atoms with Gasteiger partial charge >= 0.3 is 0 Å². The second-order valence-electron chi connectivity index (χ2n) is 14.1. The normalized spacial score (nSPS) is 19.1. The van der Waals surface area contributed by atoms with E-state index >= 15 is 0 Å². The van der Waals surface area contributed by atoms with Gasteiger partial charge in [-0.3, -0.25) is 0 Å². The Morgan fingerprint density at radius 3 is 2.11 bits per heavy atom. The smallest absolute Gasteiger partial charge is 0.137 e. The van der Waals surface area contributed by atoms with Crippen LogP contribution >= 0.6 is 20.7 Å². The number of hydrogen-bond acceptors (Lipinski definition) is 4. The first-order chi connectivity index (χ1) is 26.4. The summed E-state index contributed by atoms with van der Waals surface area (Å²) in [5, 5.41) is 2.13. The van der Waals surface area contributed by atoms with E-state index in [2.05, 4.69) is 159 Å². The van der Waals surface area contributed by atoms with E-state index < -0.39 is 20.7 Å². The molecule has 280 valence electrons. The molecule has 2 aromatic carbocycles. The van der Waals surface area contributed by atoms with Gasteiger partial charge < -0.3 is 28.8 Å². The van der Waals surface area contributed by atoms with Gasteiger partial charge in [0.15, 0.2) is 0 Å². The molecule has 8 bridgehead atoms. The Hall–Kier alpha value is -4.51. The molecule has 3 aliphatic rings. The molecule has 7 nitrogen and oxygen atoms in total. The molecule has 0 spiro atoms. The lowest BCUT2D eigenvalue weighted by molar-refractivity contribution is -0.923. The standard InChI is InChI=1S/C46H53IN5O2/c1-6-51(5)27-10-29-53-39-21-13-34(14-22-39)46-43-25-16-36(48-43)31-35-15-23-41(47-35)45(42-24-17-37(49-42)32-38-18-26-44(46)50-38)33-11-19-40(20-12-33)54-30-28-52(7-2,8-3)9-4/h11-26,31-32,48-49H,6-10,27-30H2,1-5H3/q+1/b35-31-,36-31?,37-32-,38-32?,45-41?,45-42-,46-43?,46-44-. The van der Waals surface area contributed by atoms with Crippen molar-refractivity contribution < 1.29 is 14.0 Å². The van der Waals surface area contributed by atoms with Crippen LogP contribution in [-0.4, -0.2) is 88.1 Å². The molecule has 0 atom stereocenters. The first-order valence-corrected chi connectivity index (χ1v) is 21.6. The predicted octanol–water partition coefficient (Wildman–Crippen LogP) is 7.84. The van der Waals surface area contributed by atoms with Crippen LogP contribution in [0.15, 0.2) is 111 Å². The van der Waals surface area contributed by atoms with Crippen LogP contribution in [0.3, 0.4) is 0 Å². The minimum absolute atomic E-state index is 0.421. The van der Waals surface area contributed by atoms with Gasteiger partial charge in [-0.25, -0.2) is 4.99 Å². The number of halogens is 1. The highest BCUT2D eigenvalue weighted by Gasteiger charge is 2.21. The lowest BCUT2D eigenvalue weighted by Gasteiger charge is -2.35. The molecule has 0 unspecified atom stereocenters. The van der Waals surface area contributed by atoms with E-state index in [0.29, 0.717) is 6.61 Å². The average molecular weight is 835 g/mol. The quantitative estimate of drug-likeness (QED) is 0.0730. The van der Waals surface area contributed by atoms with Crippen molar-refractivity contribution >= 4 is 53.2 Å². The lowest BCUT2D eigenvalue weighted by Crippen LogP contribution is -2.49. The summed E-state index contributed by atoms with van der Waals surface area (Å²) in [6.45, 7) is 16.9. The molecular formula is C46H53IN5O2+. The van der Waals surface area contributed by atoms with Crippen molar-refractivity contribution in [2.24, 2.45) is 4.99 Å². The molecule has 0 fully saturated rings. The molecule has 7 rings (SSSR count). The molecule has 4 aromatic rings. The van der Waals surface area contributed by atoms with Crippen molar-refractivity contribution in [3.63, 3.8) is 0 Å². The summed E-state index contributed by atoms with van der Waals surface area (Å²) in [7, 11) is 2.14. The van der Waals surface area contributed by atoms with Gasteiger partial charge in [0.1, 0.15) is 24.7 Å². The molecule has 0 saturated carbocycles. The van der Waals surface area contributed by atoms with E-state index in [1.165, 1.54) is 18.2 Å². The molecule has 0 radical (unpaired) electrons. The minimum atomic E-state index is -0.421. The van der Waals surface area contributed by atoms with Gasteiger partial charge in [-0.15, -0.1) is 0 Å². The number of quaternary nitrogens is 1. The lowest BCUT2D eigenvalue weighted by atomic mass is 10.0. The summed E-state index contributed by atoms with van der Waals surface area (Å²) >= 11 is -0.421. The van der Waals surface area contributed by atoms with Crippen molar-refractivity contribution in [3.8, 4) is 11.5 Å². The SMILES string of the molecule is CCN(C)CCCOc1ccc(/C2=C3\C=CC(=N3)/C=c3/cc/c([nH]3)=C(\c3ccc(OCC[N+](CC)(CC)CC)cc3)C3=I/C(=C\c4ccc2[nH]4)C=C3)cc1. The number of rotatable bonds is 15. The fraction of sp³-hybridized carbons (Fsp3) is 0.304. The van der Waals surface area contributed by atoms with Crippen LogP contribution in [0.1, 0.15) is 56.6 Å². The summed E-state index contributed by atoms with van der Waals surface area (Å²) in [5.74, 6) is 1.81. The second-order valence-corrected chi connectivity index (χ2v) is 17.1. The third-order valence-electron chi connectivity index (χ3n) is 10.9. The molecule has 54 heavy (non-hydrogen) atoms. The van der Waals surface area contributed by atoms with Gasteiger partial charge in [0.05, 0.1) is 37.6 Å². The number of nitrogens with zero attached hydrogens (tertiary/aromatic N) is 3. The predicted molar refractivity (Wildman–Crippen MR) is 235 cm³/mol. The van der Waals surface area contributed by atoms with E-state index in [-0.39, 0.29) is 0 Å². The molecule has 5 heterocycles. The maximum Gasteiger partial charge on any atom is 0.137 e. The van der Waals surface area contributed by atoms with Crippen LogP contribution in [0.25, 0.3) is 23.3 Å². The number of allylic oxidation sites excluding steroid dienone is 5. The molecule has 0 amide bonds. The van der Waals surface area contributed by atoms with E-state index in [0.717, 1.165) is 113 Å². The van der Waals surface area contributed by atoms with E-state index in [1.807, 2.05) is 0 Å². The third-order valence-corrected chi connectivity index (χ3v) is 13.7. The second kappa shape index (κ2) is 17.3. The Morgan fingerprint density at radius 2 is 1.41 bits per heavy atom. The van der Waals surface area contributed by atoms with Gasteiger partial charge in [-0.1, -0.05) is 51.9 Å². The Balaban J connectivity index is 1.21. The number of ether oxygens (including phenoxy) is 2. The van der Waals surface area contributed by atoms with Gasteiger partial charge in [0.2, 0.25) is 0 Å². The van der Waals surface area contributed by atoms with Gasteiger partial charge in [0, 0.05) is 46.9 Å². The van der Waals surface area contributed by atoms with Gasteiger partial charge in [-0.2, -0.15) is 0 Å². The van der Waals surface area contributed by atoms with Crippen LogP contribution < -0.4 is 20.2 Å². The molecule has 2 N–H and O–H groups in total. The maximum absolute atomic E-state index is 6.27. The van der Waals surface area contributed by atoms with Crippen LogP contribution in [0.2, 0.25) is 0 Å². The van der Waals surface area contributed by atoms with E-state index in [4.69, 9.17) is 14.5 Å². The monoisotopic (exact) mass is 834 g/mol. The molecule has 2 aromatic heterocycles. The summed E-state index contributed by atoms with van der Waals surface area (Å²) in [6, 6.07) is 25.8. The first-order valence-electron chi connectivity index (χ1n) is 19.4. The summed E-state index contributed by atoms with van der Waals surface area (Å²) in [6.07, 6.45) is 14.3. The van der Waals surface area contributed by atoms with Crippen molar-refractivity contribution in [2.45, 2.75) is 34.1 Å². The fourth-order valence-electron chi connectivity index (χ4n) is 7.21. The Labute approximate surface area is 330 Å².